The minimum Gasteiger partial charge on any atom is -0.489 e. The SMILES string of the molecule is CN=C(NCC(C)Oc1cccc(F)c1)NC1CCCSC1.I. The molecule has 1 aliphatic rings. The normalized spacial score (nSPS) is 19.4. The van der Waals surface area contributed by atoms with Crippen molar-refractivity contribution in [1.82, 2.24) is 10.6 Å². The van der Waals surface area contributed by atoms with Gasteiger partial charge in [0.25, 0.3) is 0 Å². The van der Waals surface area contributed by atoms with E-state index < -0.39 is 0 Å². The molecule has 0 spiro atoms. The topological polar surface area (TPSA) is 45.7 Å². The van der Waals surface area contributed by atoms with Gasteiger partial charge in [-0.3, -0.25) is 4.99 Å². The van der Waals surface area contributed by atoms with Crippen LogP contribution in [0.3, 0.4) is 0 Å². The number of hydrogen-bond donors (Lipinski definition) is 2. The number of nitrogens with zero attached hydrogens (tertiary/aromatic N) is 1. The second-order valence-corrected chi connectivity index (χ2v) is 6.55. The number of ether oxygens (including phenoxy) is 1. The van der Waals surface area contributed by atoms with E-state index in [1.165, 1.54) is 30.7 Å². The average molecular weight is 453 g/mol. The van der Waals surface area contributed by atoms with Crippen LogP contribution in [0.5, 0.6) is 5.75 Å². The van der Waals surface area contributed by atoms with Crippen LogP contribution in [0.1, 0.15) is 19.8 Å². The Morgan fingerprint density at radius 2 is 2.35 bits per heavy atom. The van der Waals surface area contributed by atoms with Gasteiger partial charge in [0.15, 0.2) is 5.96 Å². The molecule has 1 aliphatic heterocycles. The minimum atomic E-state index is -0.287. The first-order valence-electron chi connectivity index (χ1n) is 7.64. The Bertz CT molecular complexity index is 498. The van der Waals surface area contributed by atoms with Crippen molar-refractivity contribution in [1.29, 1.82) is 0 Å². The number of aliphatic imine (C=N–C) groups is 1. The van der Waals surface area contributed by atoms with Gasteiger partial charge >= 0.3 is 0 Å². The molecular formula is C16H25FIN3OS. The zero-order valence-corrected chi connectivity index (χ0v) is 16.7. The van der Waals surface area contributed by atoms with E-state index >= 15 is 0 Å². The fourth-order valence-corrected chi connectivity index (χ4v) is 3.37. The Hall–Kier alpha value is -0.700. The predicted molar refractivity (Wildman–Crippen MR) is 107 cm³/mol. The Balaban J connectivity index is 0.00000264. The predicted octanol–water partition coefficient (Wildman–Crippen LogP) is 3.27. The van der Waals surface area contributed by atoms with Crippen molar-refractivity contribution in [3.05, 3.63) is 30.1 Å². The molecule has 0 bridgehead atoms. The van der Waals surface area contributed by atoms with Crippen molar-refractivity contribution in [2.45, 2.75) is 31.9 Å². The van der Waals surface area contributed by atoms with E-state index in [-0.39, 0.29) is 35.9 Å². The summed E-state index contributed by atoms with van der Waals surface area (Å²) in [6.45, 7) is 2.55. The molecule has 4 nitrogen and oxygen atoms in total. The van der Waals surface area contributed by atoms with Crippen molar-refractivity contribution in [3.8, 4) is 5.75 Å². The molecule has 1 aromatic carbocycles. The molecule has 0 radical (unpaired) electrons. The van der Waals surface area contributed by atoms with E-state index in [1.807, 2.05) is 18.7 Å². The lowest BCUT2D eigenvalue weighted by molar-refractivity contribution is 0.223. The molecule has 2 atom stereocenters. The lowest BCUT2D eigenvalue weighted by atomic mass is 10.2. The van der Waals surface area contributed by atoms with E-state index in [0.717, 1.165) is 11.7 Å². The second-order valence-electron chi connectivity index (χ2n) is 5.40. The maximum Gasteiger partial charge on any atom is 0.191 e. The lowest BCUT2D eigenvalue weighted by Crippen LogP contribution is -2.47. The Kier molecular flexibility index (Phi) is 9.69. The van der Waals surface area contributed by atoms with Gasteiger partial charge in [-0.2, -0.15) is 11.8 Å². The number of nitrogens with one attached hydrogen (secondary N) is 2. The third-order valence-corrected chi connectivity index (χ3v) is 4.63. The smallest absolute Gasteiger partial charge is 0.191 e. The number of guanidine groups is 1. The minimum absolute atomic E-state index is 0. The molecule has 0 aromatic heterocycles. The Morgan fingerprint density at radius 3 is 3.00 bits per heavy atom. The summed E-state index contributed by atoms with van der Waals surface area (Å²) in [5.74, 6) is 3.42. The summed E-state index contributed by atoms with van der Waals surface area (Å²) in [5, 5.41) is 6.70. The molecule has 1 aromatic rings. The van der Waals surface area contributed by atoms with Crippen molar-refractivity contribution in [2.75, 3.05) is 25.1 Å². The number of halogens is 2. The fourth-order valence-electron chi connectivity index (χ4n) is 2.30. The molecule has 130 valence electrons. The molecular weight excluding hydrogens is 428 g/mol. The largest absolute Gasteiger partial charge is 0.489 e. The highest BCUT2D eigenvalue weighted by molar-refractivity contribution is 14.0. The molecule has 2 rings (SSSR count). The van der Waals surface area contributed by atoms with Gasteiger partial charge in [0, 0.05) is 24.9 Å². The van der Waals surface area contributed by atoms with Gasteiger partial charge in [0.2, 0.25) is 0 Å². The van der Waals surface area contributed by atoms with Crippen molar-refractivity contribution < 1.29 is 9.13 Å². The van der Waals surface area contributed by atoms with Crippen LogP contribution in [0.25, 0.3) is 0 Å². The molecule has 1 heterocycles. The van der Waals surface area contributed by atoms with Crippen molar-refractivity contribution in [2.24, 2.45) is 4.99 Å². The molecule has 0 aliphatic carbocycles. The van der Waals surface area contributed by atoms with Crippen LogP contribution >= 0.6 is 35.7 Å². The van der Waals surface area contributed by atoms with Crippen LogP contribution in [0.4, 0.5) is 4.39 Å². The first-order valence-corrected chi connectivity index (χ1v) is 8.80. The van der Waals surface area contributed by atoms with Crippen LogP contribution in [0.15, 0.2) is 29.3 Å². The van der Waals surface area contributed by atoms with E-state index in [9.17, 15) is 4.39 Å². The monoisotopic (exact) mass is 453 g/mol. The third kappa shape index (κ3) is 7.60. The lowest BCUT2D eigenvalue weighted by Gasteiger charge is -2.25. The van der Waals surface area contributed by atoms with Gasteiger partial charge in [0.1, 0.15) is 17.7 Å². The van der Waals surface area contributed by atoms with Crippen LogP contribution in [0.2, 0.25) is 0 Å². The van der Waals surface area contributed by atoms with Crippen molar-refractivity contribution >= 4 is 41.7 Å². The molecule has 2 unspecified atom stereocenters. The highest BCUT2D eigenvalue weighted by Gasteiger charge is 2.15. The molecule has 23 heavy (non-hydrogen) atoms. The number of thioether (sulfide) groups is 1. The van der Waals surface area contributed by atoms with E-state index in [0.29, 0.717) is 18.3 Å². The summed E-state index contributed by atoms with van der Waals surface area (Å²) < 4.78 is 18.8. The number of benzene rings is 1. The fraction of sp³-hybridized carbons (Fsp3) is 0.562. The zero-order valence-electron chi connectivity index (χ0n) is 13.5. The quantitative estimate of drug-likeness (QED) is 0.408. The first-order chi connectivity index (χ1) is 10.7. The number of hydrogen-bond acceptors (Lipinski definition) is 3. The van der Waals surface area contributed by atoms with Gasteiger partial charge in [-0.05, 0) is 37.7 Å². The van der Waals surface area contributed by atoms with Crippen LogP contribution < -0.4 is 15.4 Å². The van der Waals surface area contributed by atoms with Gasteiger partial charge in [-0.15, -0.1) is 24.0 Å². The summed E-state index contributed by atoms with van der Waals surface area (Å²) in [5.41, 5.74) is 0. The van der Waals surface area contributed by atoms with E-state index in [2.05, 4.69) is 15.6 Å². The summed E-state index contributed by atoms with van der Waals surface area (Å²) >= 11 is 1.98. The highest BCUT2D eigenvalue weighted by atomic mass is 127. The summed E-state index contributed by atoms with van der Waals surface area (Å²) in [7, 11) is 1.77. The average Bonchev–Trinajstić information content (AvgIpc) is 2.52. The molecule has 1 saturated heterocycles. The van der Waals surface area contributed by atoms with Gasteiger partial charge in [-0.25, -0.2) is 4.39 Å². The molecule has 0 amide bonds. The second kappa shape index (κ2) is 11.0. The molecule has 0 saturated carbocycles. The van der Waals surface area contributed by atoms with Crippen molar-refractivity contribution in [3.63, 3.8) is 0 Å². The highest BCUT2D eigenvalue weighted by Crippen LogP contribution is 2.16. The van der Waals surface area contributed by atoms with Gasteiger partial charge in [0.05, 0.1) is 6.54 Å². The summed E-state index contributed by atoms with van der Waals surface area (Å²) in [6.07, 6.45) is 2.35. The molecule has 1 fully saturated rings. The summed E-state index contributed by atoms with van der Waals surface area (Å²) in [6, 6.07) is 6.68. The maximum atomic E-state index is 13.1. The number of rotatable bonds is 5. The standard InChI is InChI=1S/C16H24FN3OS.HI/c1-12(21-15-7-3-5-13(17)9-15)10-19-16(18-2)20-14-6-4-8-22-11-14;/h3,5,7,9,12,14H,4,6,8,10-11H2,1-2H3,(H2,18,19,20);1H. The van der Waals surface area contributed by atoms with Crippen LogP contribution in [-0.4, -0.2) is 43.2 Å². The maximum absolute atomic E-state index is 13.1. The third-order valence-electron chi connectivity index (χ3n) is 3.42. The molecule has 7 heteroatoms. The zero-order chi connectivity index (χ0) is 15.8. The summed E-state index contributed by atoms with van der Waals surface area (Å²) in [4.78, 5) is 4.24. The first kappa shape index (κ1) is 20.3. The Labute approximate surface area is 159 Å². The van der Waals surface area contributed by atoms with E-state index in [1.54, 1.807) is 19.2 Å². The van der Waals surface area contributed by atoms with Gasteiger partial charge in [-0.1, -0.05) is 6.07 Å². The Morgan fingerprint density at radius 1 is 1.52 bits per heavy atom. The van der Waals surface area contributed by atoms with Crippen LogP contribution in [-0.2, 0) is 0 Å². The van der Waals surface area contributed by atoms with Crippen LogP contribution in [0, 0.1) is 5.82 Å². The van der Waals surface area contributed by atoms with Gasteiger partial charge < -0.3 is 15.4 Å². The van der Waals surface area contributed by atoms with E-state index in [4.69, 9.17) is 4.74 Å². The molecule has 2 N–H and O–H groups in total.